The predicted octanol–water partition coefficient (Wildman–Crippen LogP) is 2.37. The number of amides is 1. The van der Waals surface area contributed by atoms with Crippen LogP contribution in [0.4, 0.5) is 4.79 Å². The van der Waals surface area contributed by atoms with E-state index in [9.17, 15) is 13.2 Å². The molecule has 1 atom stereocenters. The van der Waals surface area contributed by atoms with Gasteiger partial charge in [0.1, 0.15) is 0 Å². The molecule has 0 saturated carbocycles. The Morgan fingerprint density at radius 1 is 1.37 bits per heavy atom. The molecule has 6 heteroatoms. The molecule has 1 unspecified atom stereocenters. The van der Waals surface area contributed by atoms with Crippen LogP contribution in [-0.2, 0) is 9.84 Å². The Kier molecular flexibility index (Phi) is 3.92. The summed E-state index contributed by atoms with van der Waals surface area (Å²) in [5.74, 6) is 0.179. The van der Waals surface area contributed by atoms with Crippen molar-refractivity contribution in [1.29, 1.82) is 0 Å². The van der Waals surface area contributed by atoms with Crippen LogP contribution in [0.5, 0.6) is 0 Å². The molecular formula is C13H17NO3S2. The SMILES string of the molecule is Cc1ccccc1SC(=O)NC1(C)CCS(=O)(=O)C1. The molecule has 1 aliphatic heterocycles. The van der Waals surface area contributed by atoms with Crippen molar-refractivity contribution >= 4 is 26.8 Å². The zero-order valence-corrected chi connectivity index (χ0v) is 12.6. The maximum Gasteiger partial charge on any atom is 0.284 e. The summed E-state index contributed by atoms with van der Waals surface area (Å²) in [5, 5.41) is 2.63. The van der Waals surface area contributed by atoms with E-state index in [-0.39, 0.29) is 16.7 Å². The molecule has 1 aromatic carbocycles. The highest BCUT2D eigenvalue weighted by Gasteiger charge is 2.39. The Balaban J connectivity index is 2.01. The molecule has 2 rings (SSSR count). The van der Waals surface area contributed by atoms with Crippen molar-refractivity contribution in [2.24, 2.45) is 0 Å². The van der Waals surface area contributed by atoms with Crippen molar-refractivity contribution in [3.05, 3.63) is 29.8 Å². The fourth-order valence-corrected chi connectivity index (χ4v) is 5.12. The van der Waals surface area contributed by atoms with Crippen LogP contribution in [-0.4, -0.2) is 30.7 Å². The van der Waals surface area contributed by atoms with Crippen LogP contribution in [0.3, 0.4) is 0 Å². The molecule has 1 aliphatic rings. The van der Waals surface area contributed by atoms with Gasteiger partial charge < -0.3 is 5.32 Å². The number of carbonyl (C=O) groups excluding carboxylic acids is 1. The standard InChI is InChI=1S/C13H17NO3S2/c1-10-5-3-4-6-11(10)18-12(15)14-13(2)7-8-19(16,17)9-13/h3-6H,7-9H2,1-2H3,(H,14,15). The monoisotopic (exact) mass is 299 g/mol. The number of sulfone groups is 1. The third-order valence-corrected chi connectivity index (χ3v) is 6.07. The van der Waals surface area contributed by atoms with Gasteiger partial charge in [0.2, 0.25) is 0 Å². The summed E-state index contributed by atoms with van der Waals surface area (Å²) >= 11 is 1.11. The largest absolute Gasteiger partial charge is 0.340 e. The van der Waals surface area contributed by atoms with Crippen molar-refractivity contribution in [1.82, 2.24) is 5.32 Å². The Morgan fingerprint density at radius 2 is 2.05 bits per heavy atom. The zero-order valence-electron chi connectivity index (χ0n) is 11.0. The number of hydrogen-bond acceptors (Lipinski definition) is 4. The lowest BCUT2D eigenvalue weighted by molar-refractivity contribution is 0.251. The lowest BCUT2D eigenvalue weighted by Gasteiger charge is -2.23. The highest BCUT2D eigenvalue weighted by atomic mass is 32.2. The number of nitrogens with one attached hydrogen (secondary N) is 1. The van der Waals surface area contributed by atoms with Crippen LogP contribution in [0.25, 0.3) is 0 Å². The van der Waals surface area contributed by atoms with Crippen molar-refractivity contribution in [3.63, 3.8) is 0 Å². The Labute approximate surface area is 117 Å². The number of carbonyl (C=O) groups is 1. The van der Waals surface area contributed by atoms with Gasteiger partial charge in [-0.3, -0.25) is 4.79 Å². The van der Waals surface area contributed by atoms with Crippen LogP contribution in [0, 0.1) is 6.92 Å². The molecule has 0 aromatic heterocycles. The average molecular weight is 299 g/mol. The van der Waals surface area contributed by atoms with Gasteiger partial charge in [0.15, 0.2) is 9.84 Å². The average Bonchev–Trinajstić information content (AvgIpc) is 2.56. The Morgan fingerprint density at radius 3 is 2.63 bits per heavy atom. The molecule has 1 fully saturated rings. The minimum atomic E-state index is -3.00. The molecule has 0 bridgehead atoms. The minimum Gasteiger partial charge on any atom is -0.340 e. The van der Waals surface area contributed by atoms with Crippen molar-refractivity contribution in [2.45, 2.75) is 30.7 Å². The third-order valence-electron chi connectivity index (χ3n) is 3.20. The van der Waals surface area contributed by atoms with E-state index in [4.69, 9.17) is 0 Å². The normalized spacial score (nSPS) is 25.2. The van der Waals surface area contributed by atoms with Crippen LogP contribution >= 0.6 is 11.8 Å². The van der Waals surface area contributed by atoms with Gasteiger partial charge in [-0.25, -0.2) is 8.42 Å². The van der Waals surface area contributed by atoms with Crippen LogP contribution in [0.1, 0.15) is 18.9 Å². The topological polar surface area (TPSA) is 63.2 Å². The van der Waals surface area contributed by atoms with Gasteiger partial charge in [-0.15, -0.1) is 0 Å². The molecule has 0 radical (unpaired) electrons. The van der Waals surface area contributed by atoms with E-state index >= 15 is 0 Å². The molecule has 1 aromatic rings. The van der Waals surface area contributed by atoms with Crippen molar-refractivity contribution in [2.75, 3.05) is 11.5 Å². The van der Waals surface area contributed by atoms with Crippen molar-refractivity contribution in [3.8, 4) is 0 Å². The number of benzene rings is 1. The molecule has 104 valence electrons. The number of thioether (sulfide) groups is 1. The first-order chi connectivity index (χ1) is 8.80. The Hall–Kier alpha value is -1.01. The summed E-state index contributed by atoms with van der Waals surface area (Å²) < 4.78 is 23.0. The third kappa shape index (κ3) is 3.73. The summed E-state index contributed by atoms with van der Waals surface area (Å²) in [6, 6.07) is 7.62. The van der Waals surface area contributed by atoms with Crippen LogP contribution < -0.4 is 5.32 Å². The highest BCUT2D eigenvalue weighted by Crippen LogP contribution is 2.27. The van der Waals surface area contributed by atoms with Crippen LogP contribution in [0.15, 0.2) is 29.2 Å². The molecule has 1 amide bonds. The first-order valence-electron chi connectivity index (χ1n) is 6.06. The second-order valence-electron chi connectivity index (χ2n) is 5.18. The fourth-order valence-electron chi connectivity index (χ4n) is 2.15. The van der Waals surface area contributed by atoms with Gasteiger partial charge in [0, 0.05) is 4.90 Å². The summed E-state index contributed by atoms with van der Waals surface area (Å²) in [7, 11) is -3.00. The second kappa shape index (κ2) is 5.17. The van der Waals surface area contributed by atoms with Gasteiger partial charge in [-0.1, -0.05) is 18.2 Å². The van der Waals surface area contributed by atoms with Gasteiger partial charge in [-0.05, 0) is 43.7 Å². The molecule has 19 heavy (non-hydrogen) atoms. The lowest BCUT2D eigenvalue weighted by atomic mass is 10.0. The molecular weight excluding hydrogens is 282 g/mol. The fraction of sp³-hybridized carbons (Fsp3) is 0.462. The number of hydrogen-bond donors (Lipinski definition) is 1. The summed E-state index contributed by atoms with van der Waals surface area (Å²) in [6.07, 6.45) is 0.482. The van der Waals surface area contributed by atoms with E-state index in [1.807, 2.05) is 31.2 Å². The molecule has 0 aliphatic carbocycles. The quantitative estimate of drug-likeness (QED) is 0.852. The summed E-state index contributed by atoms with van der Waals surface area (Å²) in [5.41, 5.74) is 0.401. The maximum absolute atomic E-state index is 12.0. The lowest BCUT2D eigenvalue weighted by Crippen LogP contribution is -2.45. The first-order valence-corrected chi connectivity index (χ1v) is 8.70. The zero-order chi connectivity index (χ0) is 14.1. The van der Waals surface area contributed by atoms with Gasteiger partial charge >= 0.3 is 0 Å². The van der Waals surface area contributed by atoms with E-state index in [2.05, 4.69) is 5.32 Å². The second-order valence-corrected chi connectivity index (χ2v) is 8.38. The van der Waals surface area contributed by atoms with E-state index in [1.54, 1.807) is 6.92 Å². The van der Waals surface area contributed by atoms with Gasteiger partial charge in [0.05, 0.1) is 17.0 Å². The van der Waals surface area contributed by atoms with Gasteiger partial charge in [0.25, 0.3) is 5.24 Å². The smallest absolute Gasteiger partial charge is 0.284 e. The summed E-state index contributed by atoms with van der Waals surface area (Å²) in [4.78, 5) is 12.9. The molecule has 0 spiro atoms. The maximum atomic E-state index is 12.0. The van der Waals surface area contributed by atoms with E-state index in [0.717, 1.165) is 22.2 Å². The summed E-state index contributed by atoms with van der Waals surface area (Å²) in [6.45, 7) is 3.73. The molecule has 4 nitrogen and oxygen atoms in total. The van der Waals surface area contributed by atoms with Gasteiger partial charge in [-0.2, -0.15) is 0 Å². The van der Waals surface area contributed by atoms with E-state index in [1.165, 1.54) is 0 Å². The Bertz CT molecular complexity index is 598. The number of rotatable bonds is 2. The number of aryl methyl sites for hydroxylation is 1. The van der Waals surface area contributed by atoms with Crippen molar-refractivity contribution < 1.29 is 13.2 Å². The molecule has 1 N–H and O–H groups in total. The van der Waals surface area contributed by atoms with E-state index < -0.39 is 15.4 Å². The highest BCUT2D eigenvalue weighted by molar-refractivity contribution is 8.13. The van der Waals surface area contributed by atoms with Crippen LogP contribution in [0.2, 0.25) is 0 Å². The molecule has 1 saturated heterocycles. The van der Waals surface area contributed by atoms with E-state index in [0.29, 0.717) is 6.42 Å². The predicted molar refractivity (Wildman–Crippen MR) is 77.2 cm³/mol. The first kappa shape index (κ1) is 14.4. The minimum absolute atomic E-state index is 0.0278. The molecule has 1 heterocycles.